The van der Waals surface area contributed by atoms with Gasteiger partial charge >= 0.3 is 5.97 Å². The summed E-state index contributed by atoms with van der Waals surface area (Å²) in [6, 6.07) is 12.6. The molecule has 22 heavy (non-hydrogen) atoms. The summed E-state index contributed by atoms with van der Waals surface area (Å²) in [5.74, 6) is 1.08. The molecule has 0 amide bonds. The van der Waals surface area contributed by atoms with Crippen LogP contribution in [0, 0.1) is 13.8 Å². The van der Waals surface area contributed by atoms with Gasteiger partial charge in [-0.05, 0) is 42.0 Å². The summed E-state index contributed by atoms with van der Waals surface area (Å²) in [4.78, 5) is 12.2. The molecular formula is C20H22O2. The van der Waals surface area contributed by atoms with Crippen LogP contribution >= 0.6 is 0 Å². The maximum Gasteiger partial charge on any atom is 0.312 e. The molecule has 0 saturated carbocycles. The summed E-state index contributed by atoms with van der Waals surface area (Å²) in [7, 11) is 0. The van der Waals surface area contributed by atoms with Crippen LogP contribution in [0.15, 0.2) is 36.4 Å². The third-order valence-electron chi connectivity index (χ3n) is 4.57. The van der Waals surface area contributed by atoms with Crippen LogP contribution in [0.5, 0.6) is 5.75 Å². The molecule has 0 radical (unpaired) electrons. The Hall–Kier alpha value is -2.09. The van der Waals surface area contributed by atoms with Crippen molar-refractivity contribution in [1.82, 2.24) is 0 Å². The van der Waals surface area contributed by atoms with Crippen molar-refractivity contribution in [3.8, 4) is 5.75 Å². The lowest BCUT2D eigenvalue weighted by atomic mass is 9.80. The van der Waals surface area contributed by atoms with Crippen molar-refractivity contribution in [3.63, 3.8) is 0 Å². The molecule has 0 aliphatic carbocycles. The van der Waals surface area contributed by atoms with Crippen LogP contribution in [0.1, 0.15) is 59.9 Å². The molecule has 0 unspecified atom stereocenters. The maximum absolute atomic E-state index is 12.2. The molecule has 1 aliphatic heterocycles. The van der Waals surface area contributed by atoms with Crippen LogP contribution in [0.3, 0.4) is 0 Å². The molecule has 114 valence electrons. The molecule has 2 heteroatoms. The number of esters is 1. The lowest BCUT2D eigenvalue weighted by Gasteiger charge is -2.30. The monoisotopic (exact) mass is 294 g/mol. The average molecular weight is 294 g/mol. The van der Waals surface area contributed by atoms with Crippen LogP contribution in [0.25, 0.3) is 0 Å². The minimum Gasteiger partial charge on any atom is -0.426 e. The van der Waals surface area contributed by atoms with Crippen molar-refractivity contribution < 1.29 is 9.53 Å². The van der Waals surface area contributed by atoms with E-state index >= 15 is 0 Å². The van der Waals surface area contributed by atoms with E-state index in [9.17, 15) is 4.79 Å². The highest BCUT2D eigenvalue weighted by Crippen LogP contribution is 2.45. The van der Waals surface area contributed by atoms with Crippen molar-refractivity contribution in [3.05, 3.63) is 64.2 Å². The zero-order valence-corrected chi connectivity index (χ0v) is 13.6. The topological polar surface area (TPSA) is 26.3 Å². The number of aryl methyl sites for hydroxylation is 2. The SMILES string of the molecule is Cc1ccccc1[C@H]1CC(=O)Oc2c(C(C)C)ccc(C)c21. The lowest BCUT2D eigenvalue weighted by Crippen LogP contribution is -2.23. The Balaban J connectivity index is 2.24. The van der Waals surface area contributed by atoms with Gasteiger partial charge in [-0.25, -0.2) is 0 Å². The Morgan fingerprint density at radius 1 is 1.05 bits per heavy atom. The van der Waals surface area contributed by atoms with Gasteiger partial charge in [-0.2, -0.15) is 0 Å². The Bertz CT molecular complexity index is 728. The highest BCUT2D eigenvalue weighted by Gasteiger charge is 2.32. The molecule has 0 saturated heterocycles. The van der Waals surface area contributed by atoms with Crippen LogP contribution in [0.4, 0.5) is 0 Å². The predicted molar refractivity (Wildman–Crippen MR) is 88.5 cm³/mol. The van der Waals surface area contributed by atoms with Crippen LogP contribution in [0.2, 0.25) is 0 Å². The summed E-state index contributed by atoms with van der Waals surface area (Å²) < 4.78 is 5.66. The third-order valence-corrected chi connectivity index (χ3v) is 4.57. The van der Waals surface area contributed by atoms with Crippen LogP contribution < -0.4 is 4.74 Å². The van der Waals surface area contributed by atoms with E-state index < -0.39 is 0 Å². The minimum atomic E-state index is -0.131. The van der Waals surface area contributed by atoms with Crippen molar-refractivity contribution in [2.45, 2.75) is 46.0 Å². The predicted octanol–water partition coefficient (Wildman–Crippen LogP) is 4.87. The van der Waals surface area contributed by atoms with E-state index in [0.29, 0.717) is 12.3 Å². The molecule has 1 atom stereocenters. The van der Waals surface area contributed by atoms with Gasteiger partial charge in [0.25, 0.3) is 0 Å². The van der Waals surface area contributed by atoms with Gasteiger partial charge in [-0.1, -0.05) is 50.2 Å². The quantitative estimate of drug-likeness (QED) is 0.583. The number of benzene rings is 2. The first-order valence-electron chi connectivity index (χ1n) is 7.88. The van der Waals surface area contributed by atoms with Gasteiger partial charge in [0.05, 0.1) is 6.42 Å². The van der Waals surface area contributed by atoms with Crippen molar-refractivity contribution >= 4 is 5.97 Å². The fourth-order valence-corrected chi connectivity index (χ4v) is 3.38. The minimum absolute atomic E-state index is 0.0937. The van der Waals surface area contributed by atoms with E-state index in [0.717, 1.165) is 11.3 Å². The summed E-state index contributed by atoms with van der Waals surface area (Å²) in [5, 5.41) is 0. The maximum atomic E-state index is 12.2. The molecule has 0 aromatic heterocycles. The molecule has 1 heterocycles. The Morgan fingerprint density at radius 2 is 1.77 bits per heavy atom. The Kier molecular flexibility index (Phi) is 3.78. The van der Waals surface area contributed by atoms with E-state index in [-0.39, 0.29) is 11.9 Å². The largest absolute Gasteiger partial charge is 0.426 e. The molecule has 0 bridgehead atoms. The number of hydrogen-bond donors (Lipinski definition) is 0. The molecule has 2 aromatic rings. The van der Waals surface area contributed by atoms with Gasteiger partial charge in [-0.3, -0.25) is 4.79 Å². The Morgan fingerprint density at radius 3 is 2.45 bits per heavy atom. The fraction of sp³-hybridized carbons (Fsp3) is 0.350. The zero-order valence-electron chi connectivity index (χ0n) is 13.6. The smallest absolute Gasteiger partial charge is 0.312 e. The van der Waals surface area contributed by atoms with Crippen LogP contribution in [-0.4, -0.2) is 5.97 Å². The lowest BCUT2D eigenvalue weighted by molar-refractivity contribution is -0.135. The number of hydrogen-bond acceptors (Lipinski definition) is 2. The molecule has 2 nitrogen and oxygen atoms in total. The Labute approximate surface area is 132 Å². The first-order chi connectivity index (χ1) is 10.5. The second-order valence-corrected chi connectivity index (χ2v) is 6.46. The molecule has 0 fully saturated rings. The standard InChI is InChI=1S/C20H22O2/c1-12(2)15-10-9-14(4)19-17(11-18(21)22-20(15)19)16-8-6-5-7-13(16)3/h5-10,12,17H,11H2,1-4H3/t17-/m1/s1. The van der Waals surface area contributed by atoms with Gasteiger partial charge in [0.2, 0.25) is 0 Å². The van der Waals surface area contributed by atoms with Crippen molar-refractivity contribution in [1.29, 1.82) is 0 Å². The highest BCUT2D eigenvalue weighted by atomic mass is 16.5. The van der Waals surface area contributed by atoms with Gasteiger partial charge < -0.3 is 4.74 Å². The summed E-state index contributed by atoms with van der Waals surface area (Å²) >= 11 is 0. The molecular weight excluding hydrogens is 272 g/mol. The number of carbonyl (C=O) groups is 1. The summed E-state index contributed by atoms with van der Waals surface area (Å²) in [6.07, 6.45) is 0.417. The second kappa shape index (κ2) is 5.60. The molecule has 2 aromatic carbocycles. The highest BCUT2D eigenvalue weighted by molar-refractivity contribution is 5.79. The van der Waals surface area contributed by atoms with E-state index in [1.807, 2.05) is 12.1 Å². The second-order valence-electron chi connectivity index (χ2n) is 6.46. The van der Waals surface area contributed by atoms with E-state index in [1.165, 1.54) is 22.3 Å². The van der Waals surface area contributed by atoms with Gasteiger partial charge in [-0.15, -0.1) is 0 Å². The van der Waals surface area contributed by atoms with E-state index in [2.05, 4.69) is 52.0 Å². The number of rotatable bonds is 2. The molecule has 1 aliphatic rings. The zero-order chi connectivity index (χ0) is 15.9. The average Bonchev–Trinajstić information content (AvgIpc) is 2.46. The van der Waals surface area contributed by atoms with Gasteiger partial charge in [0, 0.05) is 11.5 Å². The number of fused-ring (bicyclic) bond motifs is 1. The molecule has 0 N–H and O–H groups in total. The van der Waals surface area contributed by atoms with Gasteiger partial charge in [0.1, 0.15) is 5.75 Å². The normalized spacial score (nSPS) is 17.3. The van der Waals surface area contributed by atoms with E-state index in [4.69, 9.17) is 4.74 Å². The third kappa shape index (κ3) is 2.43. The summed E-state index contributed by atoms with van der Waals surface area (Å²) in [6.45, 7) is 8.48. The number of ether oxygens (including phenoxy) is 1. The summed E-state index contributed by atoms with van der Waals surface area (Å²) in [5.41, 5.74) is 5.94. The molecule has 0 spiro atoms. The van der Waals surface area contributed by atoms with Crippen LogP contribution in [-0.2, 0) is 4.79 Å². The van der Waals surface area contributed by atoms with E-state index in [1.54, 1.807) is 0 Å². The first kappa shape index (κ1) is 14.8. The van der Waals surface area contributed by atoms with Crippen molar-refractivity contribution in [2.24, 2.45) is 0 Å². The molecule has 3 rings (SSSR count). The number of carbonyl (C=O) groups excluding carboxylic acids is 1. The van der Waals surface area contributed by atoms with Crippen molar-refractivity contribution in [2.75, 3.05) is 0 Å². The fourth-order valence-electron chi connectivity index (χ4n) is 3.38. The first-order valence-corrected chi connectivity index (χ1v) is 7.88. The van der Waals surface area contributed by atoms with Gasteiger partial charge in [0.15, 0.2) is 0 Å².